The second-order valence-corrected chi connectivity index (χ2v) is 8.78. The fourth-order valence-corrected chi connectivity index (χ4v) is 3.50. The number of unbranched alkanes of at least 4 members (excludes halogenated alkanes) is 14. The molecule has 0 aromatic heterocycles. The average Bonchev–Trinajstić information content (AvgIpc) is 2.75. The smallest absolute Gasteiger partial charge is 0.308 e. The summed E-state index contributed by atoms with van der Waals surface area (Å²) in [5, 5.41) is 0. The van der Waals surface area contributed by atoms with Crippen molar-refractivity contribution in [3.63, 3.8) is 0 Å². The highest BCUT2D eigenvalue weighted by Crippen LogP contribution is 2.12. The second kappa shape index (κ2) is 22.6. The molecule has 0 rings (SSSR count). The van der Waals surface area contributed by atoms with Crippen LogP contribution in [0.2, 0.25) is 0 Å². The first-order chi connectivity index (χ1) is 14.6. The van der Waals surface area contributed by atoms with Crippen molar-refractivity contribution in [2.75, 3.05) is 13.2 Å². The molecule has 0 amide bonds. The SMILES string of the molecule is CCCCCCCCCCOC(=O)CCC(C)C(=O)OCCCCCCCCCC. The van der Waals surface area contributed by atoms with Gasteiger partial charge in [0.05, 0.1) is 19.1 Å². The first kappa shape index (κ1) is 28.9. The van der Waals surface area contributed by atoms with E-state index in [0.717, 1.165) is 25.7 Å². The van der Waals surface area contributed by atoms with E-state index < -0.39 is 0 Å². The number of rotatable bonds is 22. The molecule has 0 saturated heterocycles. The molecular formula is C26H50O4. The van der Waals surface area contributed by atoms with E-state index in [-0.39, 0.29) is 17.9 Å². The van der Waals surface area contributed by atoms with Gasteiger partial charge in [-0.15, -0.1) is 0 Å². The van der Waals surface area contributed by atoms with Gasteiger partial charge in [-0.1, -0.05) is 111 Å². The summed E-state index contributed by atoms with van der Waals surface area (Å²) >= 11 is 0. The van der Waals surface area contributed by atoms with Gasteiger partial charge >= 0.3 is 11.9 Å². The summed E-state index contributed by atoms with van der Waals surface area (Å²) < 4.78 is 10.6. The van der Waals surface area contributed by atoms with Crippen LogP contribution in [0.4, 0.5) is 0 Å². The van der Waals surface area contributed by atoms with Crippen molar-refractivity contribution >= 4 is 11.9 Å². The Hall–Kier alpha value is -1.06. The highest BCUT2D eigenvalue weighted by atomic mass is 16.5. The summed E-state index contributed by atoms with van der Waals surface area (Å²) in [6.45, 7) is 7.31. The molecule has 0 radical (unpaired) electrons. The maximum Gasteiger partial charge on any atom is 0.308 e. The topological polar surface area (TPSA) is 52.6 Å². The fourth-order valence-electron chi connectivity index (χ4n) is 3.50. The zero-order valence-corrected chi connectivity index (χ0v) is 20.4. The molecule has 4 heteroatoms. The van der Waals surface area contributed by atoms with Gasteiger partial charge in [0.1, 0.15) is 0 Å². The first-order valence-corrected chi connectivity index (χ1v) is 12.9. The van der Waals surface area contributed by atoms with Crippen molar-refractivity contribution in [2.45, 2.75) is 136 Å². The molecule has 30 heavy (non-hydrogen) atoms. The van der Waals surface area contributed by atoms with Gasteiger partial charge < -0.3 is 9.47 Å². The first-order valence-electron chi connectivity index (χ1n) is 12.9. The number of hydrogen-bond acceptors (Lipinski definition) is 4. The van der Waals surface area contributed by atoms with Gasteiger partial charge in [-0.3, -0.25) is 9.59 Å². The molecule has 0 heterocycles. The Bertz CT molecular complexity index is 394. The lowest BCUT2D eigenvalue weighted by Crippen LogP contribution is -2.17. The fraction of sp³-hybridized carbons (Fsp3) is 0.923. The van der Waals surface area contributed by atoms with Gasteiger partial charge in [-0.05, 0) is 19.3 Å². The number of esters is 2. The Kier molecular flexibility index (Phi) is 21.8. The molecule has 0 aliphatic rings. The molecule has 178 valence electrons. The molecule has 1 atom stereocenters. The van der Waals surface area contributed by atoms with Gasteiger partial charge in [0.2, 0.25) is 0 Å². The van der Waals surface area contributed by atoms with Gasteiger partial charge in [-0.25, -0.2) is 0 Å². The zero-order chi connectivity index (χ0) is 22.3. The lowest BCUT2D eigenvalue weighted by Gasteiger charge is -2.11. The number of hydrogen-bond donors (Lipinski definition) is 0. The van der Waals surface area contributed by atoms with Crippen molar-refractivity contribution < 1.29 is 19.1 Å². The van der Waals surface area contributed by atoms with Crippen molar-refractivity contribution in [1.82, 2.24) is 0 Å². The van der Waals surface area contributed by atoms with E-state index in [1.54, 1.807) is 0 Å². The monoisotopic (exact) mass is 426 g/mol. The van der Waals surface area contributed by atoms with E-state index in [9.17, 15) is 9.59 Å². The third-order valence-electron chi connectivity index (χ3n) is 5.69. The molecule has 0 saturated carbocycles. The molecule has 0 aliphatic heterocycles. The Morgan fingerprint density at radius 3 is 1.47 bits per heavy atom. The highest BCUT2D eigenvalue weighted by Gasteiger charge is 2.16. The van der Waals surface area contributed by atoms with Crippen LogP contribution in [0.1, 0.15) is 136 Å². The molecule has 4 nitrogen and oxygen atoms in total. The summed E-state index contributed by atoms with van der Waals surface area (Å²) in [6, 6.07) is 0. The van der Waals surface area contributed by atoms with Crippen LogP contribution >= 0.6 is 0 Å². The molecule has 0 aliphatic carbocycles. The van der Waals surface area contributed by atoms with E-state index in [0.29, 0.717) is 26.1 Å². The minimum atomic E-state index is -0.241. The van der Waals surface area contributed by atoms with Crippen molar-refractivity contribution in [2.24, 2.45) is 5.92 Å². The number of carbonyl (C=O) groups is 2. The third kappa shape index (κ3) is 20.2. The highest BCUT2D eigenvalue weighted by molar-refractivity contribution is 5.74. The van der Waals surface area contributed by atoms with Crippen molar-refractivity contribution in [1.29, 1.82) is 0 Å². The van der Waals surface area contributed by atoms with E-state index in [1.165, 1.54) is 77.0 Å². The quantitative estimate of drug-likeness (QED) is 0.131. The largest absolute Gasteiger partial charge is 0.466 e. The maximum atomic E-state index is 12.0. The molecule has 1 unspecified atom stereocenters. The summed E-state index contributed by atoms with van der Waals surface area (Å²) in [6.07, 6.45) is 20.5. The van der Waals surface area contributed by atoms with Crippen LogP contribution in [0.15, 0.2) is 0 Å². The van der Waals surface area contributed by atoms with E-state index in [4.69, 9.17) is 9.47 Å². The molecule has 0 aromatic carbocycles. The van der Waals surface area contributed by atoms with Crippen LogP contribution in [-0.4, -0.2) is 25.2 Å². The summed E-state index contributed by atoms with van der Waals surface area (Å²) in [5.74, 6) is -0.621. The Labute approximate surface area is 186 Å². The van der Waals surface area contributed by atoms with Crippen LogP contribution in [0.25, 0.3) is 0 Å². The lowest BCUT2D eigenvalue weighted by molar-refractivity contribution is -0.149. The van der Waals surface area contributed by atoms with E-state index in [1.807, 2.05) is 6.92 Å². The van der Waals surface area contributed by atoms with E-state index in [2.05, 4.69) is 13.8 Å². The van der Waals surface area contributed by atoms with Crippen LogP contribution in [0.3, 0.4) is 0 Å². The lowest BCUT2D eigenvalue weighted by atomic mass is 10.1. The molecule has 0 aromatic rings. The van der Waals surface area contributed by atoms with Crippen LogP contribution in [0, 0.1) is 5.92 Å². The summed E-state index contributed by atoms with van der Waals surface area (Å²) in [4.78, 5) is 23.8. The zero-order valence-electron chi connectivity index (χ0n) is 20.4. The standard InChI is InChI=1S/C26H50O4/c1-4-6-8-10-12-14-16-18-22-29-25(27)21-20-24(3)26(28)30-23-19-17-15-13-11-9-7-5-2/h24H,4-23H2,1-3H3. The normalized spacial score (nSPS) is 12.0. The minimum Gasteiger partial charge on any atom is -0.466 e. The Balaban J connectivity index is 3.48. The summed E-state index contributed by atoms with van der Waals surface area (Å²) in [7, 11) is 0. The van der Waals surface area contributed by atoms with E-state index >= 15 is 0 Å². The number of carbonyl (C=O) groups excluding carboxylic acids is 2. The van der Waals surface area contributed by atoms with Crippen molar-refractivity contribution in [3.8, 4) is 0 Å². The summed E-state index contributed by atoms with van der Waals surface area (Å²) in [5.41, 5.74) is 0. The van der Waals surface area contributed by atoms with Crippen LogP contribution < -0.4 is 0 Å². The van der Waals surface area contributed by atoms with Crippen molar-refractivity contribution in [3.05, 3.63) is 0 Å². The second-order valence-electron chi connectivity index (χ2n) is 8.78. The Morgan fingerprint density at radius 2 is 1.00 bits per heavy atom. The van der Waals surface area contributed by atoms with Crippen LogP contribution in [0.5, 0.6) is 0 Å². The van der Waals surface area contributed by atoms with Gasteiger partial charge in [-0.2, -0.15) is 0 Å². The van der Waals surface area contributed by atoms with Gasteiger partial charge in [0, 0.05) is 6.42 Å². The Morgan fingerprint density at radius 1 is 0.600 bits per heavy atom. The number of ether oxygens (including phenoxy) is 2. The minimum absolute atomic E-state index is 0.186. The predicted molar refractivity (Wildman–Crippen MR) is 126 cm³/mol. The molecule has 0 N–H and O–H groups in total. The van der Waals surface area contributed by atoms with Crippen LogP contribution in [-0.2, 0) is 19.1 Å². The molecule has 0 spiro atoms. The third-order valence-corrected chi connectivity index (χ3v) is 5.69. The van der Waals surface area contributed by atoms with Gasteiger partial charge in [0.25, 0.3) is 0 Å². The van der Waals surface area contributed by atoms with Gasteiger partial charge in [0.15, 0.2) is 0 Å². The maximum absolute atomic E-state index is 12.0. The molecular weight excluding hydrogens is 376 g/mol. The molecule has 0 fully saturated rings. The molecule has 0 bridgehead atoms. The predicted octanol–water partition coefficient (Wildman–Crippen LogP) is 7.77. The average molecular weight is 427 g/mol.